The van der Waals surface area contributed by atoms with E-state index in [1.807, 2.05) is 57.2 Å². The molecular weight excluding hydrogens is 881 g/mol. The van der Waals surface area contributed by atoms with Crippen LogP contribution in [0, 0.1) is 14.6 Å². The molecule has 0 radical (unpaired) electrons. The Morgan fingerprint density at radius 2 is 1.69 bits per heavy atom. The molecule has 0 spiro atoms. The minimum atomic E-state index is -1.22. The highest BCUT2D eigenvalue weighted by Crippen LogP contribution is 2.52. The number of aromatic nitrogens is 2. The third-order valence-corrected chi connectivity index (χ3v) is 17.3. The number of fused-ring (bicyclic) bond motifs is 3. The van der Waals surface area contributed by atoms with Gasteiger partial charge in [0.05, 0.1) is 16.5 Å². The summed E-state index contributed by atoms with van der Waals surface area (Å²) >= 11 is 10.5. The maximum atomic E-state index is 14.4. The molecule has 2 aromatic heterocycles. The van der Waals surface area contributed by atoms with Crippen LogP contribution in [-0.2, 0) is 27.5 Å². The lowest BCUT2D eigenvalue weighted by atomic mass is 9.83. The van der Waals surface area contributed by atoms with Crippen molar-refractivity contribution in [1.29, 1.82) is 0 Å². The van der Waals surface area contributed by atoms with E-state index in [9.17, 15) is 34.2 Å². The molecule has 3 aromatic carbocycles. The number of carbonyl (C=O) groups is 3. The van der Waals surface area contributed by atoms with Crippen LogP contribution >= 0.6 is 58.4 Å². The van der Waals surface area contributed by atoms with E-state index < -0.39 is 35.0 Å². The Hall–Kier alpha value is -4.74. The van der Waals surface area contributed by atoms with E-state index in [1.54, 1.807) is 17.8 Å². The second-order valence-corrected chi connectivity index (χ2v) is 21.4. The second kappa shape index (κ2) is 17.8. The summed E-state index contributed by atoms with van der Waals surface area (Å²) in [6.45, 7) is 7.56. The first kappa shape index (κ1) is 43.9. The Morgan fingerprint density at radius 1 is 0.952 bits per heavy atom. The molecule has 2 fully saturated rings. The topological polar surface area (TPSA) is 142 Å². The van der Waals surface area contributed by atoms with E-state index in [0.29, 0.717) is 43.7 Å². The third kappa shape index (κ3) is 8.27. The zero-order valence-electron chi connectivity index (χ0n) is 34.7. The molecule has 4 atom stereocenters. The smallest absolute Gasteiger partial charge is 0.323 e. The Balaban J connectivity index is 1.19. The Labute approximate surface area is 379 Å². The van der Waals surface area contributed by atoms with Gasteiger partial charge in [-0.15, -0.1) is 34.4 Å². The zero-order chi connectivity index (χ0) is 44.0. The van der Waals surface area contributed by atoms with Gasteiger partial charge in [-0.05, 0) is 98.7 Å². The normalized spacial score (nSPS) is 20.4. The highest BCUT2D eigenvalue weighted by molar-refractivity contribution is 8.30. The number of benzene rings is 3. The first-order valence-corrected chi connectivity index (χ1v) is 24.4. The molecule has 1 saturated carbocycles. The molecule has 1 saturated heterocycles. The molecule has 1 aliphatic carbocycles. The Morgan fingerprint density at radius 3 is 2.35 bits per heavy atom. The third-order valence-electron chi connectivity index (χ3n) is 12.1. The summed E-state index contributed by atoms with van der Waals surface area (Å²) in [7, 11) is 0. The predicted octanol–water partition coefficient (Wildman–Crippen LogP) is 7.53. The van der Waals surface area contributed by atoms with Crippen LogP contribution in [0.1, 0.15) is 82.4 Å². The van der Waals surface area contributed by atoms with Gasteiger partial charge < -0.3 is 15.1 Å². The summed E-state index contributed by atoms with van der Waals surface area (Å²) in [5.41, 5.74) is 3.35. The van der Waals surface area contributed by atoms with E-state index in [1.165, 1.54) is 15.0 Å². The van der Waals surface area contributed by atoms with Gasteiger partial charge in [0.15, 0.2) is 0 Å². The van der Waals surface area contributed by atoms with Crippen molar-refractivity contribution < 1.29 is 24.6 Å². The number of thiocarbonyl (C=S) groups is 1. The molecule has 0 bridgehead atoms. The van der Waals surface area contributed by atoms with E-state index >= 15 is 0 Å². The molecule has 3 aliphatic rings. The number of thioether (sulfide) groups is 2. The number of amides is 1. The van der Waals surface area contributed by atoms with Crippen molar-refractivity contribution in [3.8, 4) is 0 Å². The molecular formula is C46H46N4O7S5. The maximum absolute atomic E-state index is 14.4. The monoisotopic (exact) mass is 926 g/mol. The minimum absolute atomic E-state index is 0.129. The standard InChI is InChI=1S/C46H46N4O7S5/c1-5-46(4,44(56)57)23-26(3)59-30-18-16-29(17-19-30)50-33-14-10-13-31(33)32-21-28(15-20-34(32)50)22-35-39(53)49(25-36(51)52)42(60-35)37-41(55)48(24-27-11-8-7-9-12-27)43(61-37)38-40(54)47(6-2)45(58)62-38/h7-9,11-12,15-22,26,31,33H,5-6,10,13-14,23-25H2,1-4H3,(H,51,52)(H,56,57)/b35-22-,42-37+,43-38+. The van der Waals surface area contributed by atoms with E-state index in [2.05, 4.69) is 48.2 Å². The molecule has 11 nitrogen and oxygen atoms in total. The van der Waals surface area contributed by atoms with Gasteiger partial charge in [-0.25, -0.2) is 0 Å². The first-order valence-electron chi connectivity index (χ1n) is 20.6. The lowest BCUT2D eigenvalue weighted by molar-refractivity contribution is -0.148. The van der Waals surface area contributed by atoms with Gasteiger partial charge in [0.2, 0.25) is 0 Å². The van der Waals surface area contributed by atoms with Crippen molar-refractivity contribution in [1.82, 2.24) is 14.0 Å². The number of carboxylic acids is 2. The van der Waals surface area contributed by atoms with Crippen LogP contribution in [0.2, 0.25) is 0 Å². The fourth-order valence-electron chi connectivity index (χ4n) is 8.82. The lowest BCUT2D eigenvalue weighted by Gasteiger charge is -2.28. The summed E-state index contributed by atoms with van der Waals surface area (Å²) < 4.78 is 4.17. The second-order valence-electron chi connectivity index (χ2n) is 16.2. The van der Waals surface area contributed by atoms with E-state index in [4.69, 9.17) is 12.2 Å². The largest absolute Gasteiger partial charge is 0.481 e. The van der Waals surface area contributed by atoms with Gasteiger partial charge in [0, 0.05) is 40.0 Å². The summed E-state index contributed by atoms with van der Waals surface area (Å²) in [5.74, 6) is -1.98. The summed E-state index contributed by atoms with van der Waals surface area (Å²) in [6, 6.07) is 24.4. The van der Waals surface area contributed by atoms with Crippen molar-refractivity contribution in [2.24, 2.45) is 5.41 Å². The molecule has 62 heavy (non-hydrogen) atoms. The minimum Gasteiger partial charge on any atom is -0.481 e. The SMILES string of the molecule is CCN1C(=O)/C(=c2\s/c(=c3/s/c(=C\c4ccc5c(c4)C4CCCC4N5c4ccc(SC(C)CC(C)(CC)C(=O)O)cc4)c(=O)n3CC(=O)O)c(=O)n2Cc2ccccc2)SC1=S. The molecule has 322 valence electrons. The summed E-state index contributed by atoms with van der Waals surface area (Å²) in [4.78, 5) is 71.6. The van der Waals surface area contributed by atoms with Gasteiger partial charge in [0.1, 0.15) is 29.6 Å². The average Bonchev–Trinajstić information content (AvgIpc) is 4.05. The van der Waals surface area contributed by atoms with Crippen molar-refractivity contribution in [2.45, 2.75) is 95.0 Å². The van der Waals surface area contributed by atoms with Crippen LogP contribution in [0.4, 0.5) is 11.4 Å². The van der Waals surface area contributed by atoms with Gasteiger partial charge in [-0.2, -0.15) is 0 Å². The van der Waals surface area contributed by atoms with Gasteiger partial charge in [-0.3, -0.25) is 38.0 Å². The Bertz CT molecular complexity index is 2960. The van der Waals surface area contributed by atoms with Crippen molar-refractivity contribution in [3.63, 3.8) is 0 Å². The highest BCUT2D eigenvalue weighted by Gasteiger charge is 2.42. The molecule has 2 aliphatic heterocycles. The predicted molar refractivity (Wildman–Crippen MR) is 253 cm³/mol. The summed E-state index contributed by atoms with van der Waals surface area (Å²) in [6.07, 6.45) is 6.10. The molecule has 5 aromatic rings. The van der Waals surface area contributed by atoms with Crippen LogP contribution in [0.3, 0.4) is 0 Å². The van der Waals surface area contributed by atoms with Crippen molar-refractivity contribution in [2.75, 3.05) is 11.4 Å². The number of aliphatic carboxylic acids is 2. The van der Waals surface area contributed by atoms with Crippen molar-refractivity contribution in [3.05, 3.63) is 129 Å². The number of carbonyl (C=O) groups excluding carboxylic acids is 1. The van der Waals surface area contributed by atoms with Crippen molar-refractivity contribution >= 4 is 103 Å². The maximum Gasteiger partial charge on any atom is 0.323 e. The van der Waals surface area contributed by atoms with Gasteiger partial charge >= 0.3 is 11.9 Å². The number of carboxylic acid groups (broad SMARTS) is 2. The zero-order valence-corrected chi connectivity index (χ0v) is 38.7. The fourth-order valence-corrected chi connectivity index (χ4v) is 13.9. The molecule has 8 rings (SSSR count). The fraction of sp³-hybridized carbons (Fsp3) is 0.348. The average molecular weight is 927 g/mol. The molecule has 4 unspecified atom stereocenters. The van der Waals surface area contributed by atoms with Crippen LogP contribution in [0.15, 0.2) is 87.3 Å². The number of nitrogens with zero attached hydrogens (tertiary/aromatic N) is 4. The van der Waals surface area contributed by atoms with E-state index in [0.717, 1.165) is 85.7 Å². The number of hydrogen-bond acceptors (Lipinski definition) is 11. The Kier molecular flexibility index (Phi) is 12.6. The highest BCUT2D eigenvalue weighted by atomic mass is 32.2. The summed E-state index contributed by atoms with van der Waals surface area (Å²) in [5, 5.41) is 19.9. The molecule has 2 N–H and O–H groups in total. The van der Waals surface area contributed by atoms with Crippen LogP contribution in [0.25, 0.3) is 11.0 Å². The van der Waals surface area contributed by atoms with Gasteiger partial charge in [0.25, 0.3) is 17.0 Å². The van der Waals surface area contributed by atoms with Crippen LogP contribution in [0.5, 0.6) is 0 Å². The number of rotatable bonds is 13. The van der Waals surface area contributed by atoms with Crippen LogP contribution < -0.4 is 25.2 Å². The number of thiazole rings is 2. The van der Waals surface area contributed by atoms with E-state index in [-0.39, 0.29) is 32.9 Å². The van der Waals surface area contributed by atoms with Crippen LogP contribution in [-0.4, -0.2) is 64.3 Å². The molecule has 1 amide bonds. The first-order chi connectivity index (χ1) is 29.7. The number of anilines is 2. The quantitative estimate of drug-likeness (QED) is 0.0895. The van der Waals surface area contributed by atoms with Gasteiger partial charge in [-0.1, -0.05) is 80.6 Å². The lowest BCUT2D eigenvalue weighted by Crippen LogP contribution is -2.32. The number of hydrogen-bond donors (Lipinski definition) is 2. The molecule has 16 heteroatoms. The molecule has 4 heterocycles.